The first-order chi connectivity index (χ1) is 24.0. The Morgan fingerprint density at radius 2 is 2.02 bits per heavy atom. The van der Waals surface area contributed by atoms with Crippen LogP contribution in [0.3, 0.4) is 0 Å². The van der Waals surface area contributed by atoms with Gasteiger partial charge in [-0.2, -0.15) is 4.36 Å². The van der Waals surface area contributed by atoms with Crippen LogP contribution in [0.1, 0.15) is 64.4 Å². The molecule has 0 N–H and O–H groups in total. The quantitative estimate of drug-likeness (QED) is 0.216. The summed E-state index contributed by atoms with van der Waals surface area (Å²) in [6, 6.07) is 11.6. The number of benzene rings is 2. The first-order valence-corrected chi connectivity index (χ1v) is 19.3. The van der Waals surface area contributed by atoms with Crippen molar-refractivity contribution in [1.82, 2.24) is 9.78 Å². The number of anilines is 1. The van der Waals surface area contributed by atoms with Gasteiger partial charge in [0.05, 0.1) is 29.1 Å². The molecule has 1 spiro atoms. The van der Waals surface area contributed by atoms with Crippen LogP contribution in [0, 0.1) is 17.8 Å². The molecule has 5 atom stereocenters. The van der Waals surface area contributed by atoms with E-state index < -0.39 is 21.5 Å². The summed E-state index contributed by atoms with van der Waals surface area (Å²) >= 11 is 6.44. The average molecular weight is 716 g/mol. The predicted octanol–water partition coefficient (Wildman–Crippen LogP) is 6.82. The molecule has 1 unspecified atom stereocenters. The van der Waals surface area contributed by atoms with Crippen molar-refractivity contribution < 1.29 is 23.3 Å². The molecule has 50 heavy (non-hydrogen) atoms. The molecule has 2 aromatic carbocycles. The molecule has 2 aliphatic carbocycles. The summed E-state index contributed by atoms with van der Waals surface area (Å²) in [6.45, 7) is 3.97. The average Bonchev–Trinajstić information content (AvgIpc) is 3.40. The SMILES string of the molecule is COc1nn(C)cc1C(=O)/N=C\S1(=O)=NC(=O)c2ccc3c(c2)N(C[C@@H]2CC[C@H]2/C=C/C=C\[C@H](C)C1)C[C@@]1(CCCc2cc(Cl)ccc21)CO3. The number of methoxy groups -OCH3 is 1. The van der Waals surface area contributed by atoms with Gasteiger partial charge in [0.1, 0.15) is 16.9 Å². The van der Waals surface area contributed by atoms with E-state index in [1.54, 1.807) is 13.1 Å². The number of rotatable bonds is 3. The van der Waals surface area contributed by atoms with E-state index >= 15 is 0 Å². The third-order valence-corrected chi connectivity index (χ3v) is 12.6. The van der Waals surface area contributed by atoms with Crippen LogP contribution in [0.2, 0.25) is 5.02 Å². The highest BCUT2D eigenvalue weighted by Gasteiger charge is 2.43. The van der Waals surface area contributed by atoms with Crippen molar-refractivity contribution in [3.05, 3.63) is 94.2 Å². The Labute approximate surface area is 298 Å². The molecule has 2 amide bonds. The predicted molar refractivity (Wildman–Crippen MR) is 196 cm³/mol. The summed E-state index contributed by atoms with van der Waals surface area (Å²) in [5.41, 5.74) is 4.58. The molecule has 12 heteroatoms. The molecule has 1 saturated carbocycles. The molecule has 3 heterocycles. The van der Waals surface area contributed by atoms with Crippen LogP contribution < -0.4 is 14.4 Å². The third kappa shape index (κ3) is 6.90. The summed E-state index contributed by atoms with van der Waals surface area (Å²) in [5.74, 6) is 0.148. The normalized spacial score (nSPS) is 29.2. The van der Waals surface area contributed by atoms with Crippen LogP contribution in [0.4, 0.5) is 5.69 Å². The van der Waals surface area contributed by atoms with Gasteiger partial charge in [0, 0.05) is 48.1 Å². The monoisotopic (exact) mass is 715 g/mol. The molecule has 3 aromatic rings. The van der Waals surface area contributed by atoms with E-state index in [1.165, 1.54) is 29.1 Å². The Morgan fingerprint density at radius 3 is 2.82 bits per heavy atom. The number of carbonyl (C=O) groups excluding carboxylic acids is 2. The number of amides is 2. The van der Waals surface area contributed by atoms with E-state index in [1.807, 2.05) is 37.3 Å². The molecule has 1 aromatic heterocycles. The maximum atomic E-state index is 14.4. The van der Waals surface area contributed by atoms with E-state index in [2.05, 4.69) is 43.6 Å². The van der Waals surface area contributed by atoms with Crippen molar-refractivity contribution in [2.24, 2.45) is 34.2 Å². The molecule has 2 aliphatic heterocycles. The summed E-state index contributed by atoms with van der Waals surface area (Å²) in [4.78, 5) is 33.4. The highest BCUT2D eigenvalue weighted by molar-refractivity contribution is 8.06. The Morgan fingerprint density at radius 1 is 1.18 bits per heavy atom. The van der Waals surface area contributed by atoms with Gasteiger partial charge in [-0.25, -0.2) is 9.20 Å². The zero-order chi connectivity index (χ0) is 35.0. The summed E-state index contributed by atoms with van der Waals surface area (Å²) < 4.78 is 31.9. The highest BCUT2D eigenvalue weighted by atomic mass is 35.5. The molecule has 0 saturated heterocycles. The minimum atomic E-state index is -3.43. The van der Waals surface area contributed by atoms with Crippen LogP contribution in [-0.4, -0.2) is 63.9 Å². The molecular weight excluding hydrogens is 674 g/mol. The van der Waals surface area contributed by atoms with Crippen molar-refractivity contribution >= 4 is 44.4 Å². The van der Waals surface area contributed by atoms with Gasteiger partial charge in [0.2, 0.25) is 5.88 Å². The Hall–Kier alpha value is -4.22. The highest BCUT2D eigenvalue weighted by Crippen LogP contribution is 2.46. The zero-order valence-electron chi connectivity index (χ0n) is 28.6. The molecule has 262 valence electrons. The van der Waals surface area contributed by atoms with Crippen LogP contribution in [0.15, 0.2) is 76.3 Å². The molecule has 10 nitrogen and oxygen atoms in total. The number of aliphatic imine (C=N–C) groups is 1. The minimum Gasteiger partial charge on any atom is -0.490 e. The Kier molecular flexibility index (Phi) is 9.47. The molecule has 0 radical (unpaired) electrons. The number of nitrogens with zero attached hydrogens (tertiary/aromatic N) is 5. The number of ether oxygens (including phenoxy) is 2. The number of allylic oxidation sites excluding steroid dienone is 4. The topological polar surface area (TPSA) is 115 Å². The van der Waals surface area contributed by atoms with Gasteiger partial charge in [0.25, 0.3) is 11.8 Å². The number of halogens is 1. The third-order valence-electron chi connectivity index (χ3n) is 10.4. The van der Waals surface area contributed by atoms with Crippen molar-refractivity contribution in [3.8, 4) is 11.6 Å². The van der Waals surface area contributed by atoms with Gasteiger partial charge in [0.15, 0.2) is 0 Å². The van der Waals surface area contributed by atoms with Crippen LogP contribution in [0.5, 0.6) is 11.6 Å². The lowest BCUT2D eigenvalue weighted by molar-refractivity contribution is 0.0993. The van der Waals surface area contributed by atoms with Crippen molar-refractivity contribution in [2.45, 2.75) is 44.4 Å². The second-order valence-corrected chi connectivity index (χ2v) is 16.6. The fraction of sp³-hybridized carbons (Fsp3) is 0.421. The number of hydrogen-bond acceptors (Lipinski definition) is 7. The maximum absolute atomic E-state index is 14.4. The van der Waals surface area contributed by atoms with E-state index in [-0.39, 0.29) is 28.5 Å². The van der Waals surface area contributed by atoms with Gasteiger partial charge in [-0.05, 0) is 91.3 Å². The lowest BCUT2D eigenvalue weighted by Gasteiger charge is -2.44. The summed E-state index contributed by atoms with van der Waals surface area (Å²) in [6.07, 6.45) is 15.0. The first-order valence-electron chi connectivity index (χ1n) is 17.2. The van der Waals surface area contributed by atoms with E-state index in [4.69, 9.17) is 21.1 Å². The van der Waals surface area contributed by atoms with Gasteiger partial charge < -0.3 is 14.4 Å². The van der Waals surface area contributed by atoms with E-state index in [0.717, 1.165) is 61.5 Å². The Bertz CT molecular complexity index is 2050. The van der Waals surface area contributed by atoms with E-state index in [9.17, 15) is 13.8 Å². The maximum Gasteiger partial charge on any atom is 0.285 e. The number of fused-ring (bicyclic) bond motifs is 4. The molecule has 1 fully saturated rings. The van der Waals surface area contributed by atoms with Crippen LogP contribution in [-0.2, 0) is 28.6 Å². The largest absolute Gasteiger partial charge is 0.490 e. The van der Waals surface area contributed by atoms with E-state index in [0.29, 0.717) is 29.8 Å². The van der Waals surface area contributed by atoms with Gasteiger partial charge in [-0.1, -0.05) is 48.9 Å². The van der Waals surface area contributed by atoms with Gasteiger partial charge >= 0.3 is 0 Å². The number of aryl methyl sites for hydroxylation is 2. The fourth-order valence-corrected chi connectivity index (χ4v) is 9.67. The van der Waals surface area contributed by atoms with Crippen LogP contribution >= 0.6 is 11.6 Å². The standard InChI is InChI=1S/C38H42ClN5O5S/c1-25-7-4-5-8-26-10-11-29(26)19-44-22-38(16-6-9-27-17-30(39)13-14-32(27)38)23-49-34-15-12-28(18-33(34)44)35(45)42-50(47,21-25)24-40-36(46)31-20-43(2)41-37(31)48-3/h4-5,7-8,12-15,17-18,20,24-26,29H,6,9-11,16,19,21-23H2,1-3H3/b7-4-,8-5+,40-24-/t25-,26+,29-,38-,50?/m0/s1. The second-order valence-electron chi connectivity index (χ2n) is 14.1. The van der Waals surface area contributed by atoms with Crippen molar-refractivity contribution in [3.63, 3.8) is 0 Å². The molecular formula is C38H42ClN5O5S. The Balaban J connectivity index is 1.29. The lowest BCUT2D eigenvalue weighted by atomic mass is 9.69. The number of carbonyl (C=O) groups is 2. The van der Waals surface area contributed by atoms with Gasteiger partial charge in [-0.3, -0.25) is 14.3 Å². The lowest BCUT2D eigenvalue weighted by Crippen LogP contribution is -2.48. The summed E-state index contributed by atoms with van der Waals surface area (Å²) in [5, 5.41) is 4.85. The van der Waals surface area contributed by atoms with Crippen molar-refractivity contribution in [2.75, 3.05) is 37.5 Å². The zero-order valence-corrected chi connectivity index (χ0v) is 30.2. The number of hydrogen-bond donors (Lipinski definition) is 0. The second kappa shape index (κ2) is 13.8. The molecule has 2 bridgehead atoms. The first kappa shape index (κ1) is 34.2. The van der Waals surface area contributed by atoms with Crippen molar-refractivity contribution in [1.29, 1.82) is 0 Å². The number of aromatic nitrogens is 2. The van der Waals surface area contributed by atoms with Crippen LogP contribution in [0.25, 0.3) is 0 Å². The molecule has 4 aliphatic rings. The molecule has 7 rings (SSSR count). The fourth-order valence-electron chi connectivity index (χ4n) is 7.76. The van der Waals surface area contributed by atoms with Gasteiger partial charge in [-0.15, -0.1) is 5.10 Å². The summed E-state index contributed by atoms with van der Waals surface area (Å²) in [7, 11) is -0.364. The smallest absolute Gasteiger partial charge is 0.285 e. The minimum absolute atomic E-state index is 0.00219.